The van der Waals surface area contributed by atoms with Crippen molar-refractivity contribution in [2.75, 3.05) is 26.2 Å². The highest BCUT2D eigenvalue weighted by Gasteiger charge is 2.57. The summed E-state index contributed by atoms with van der Waals surface area (Å²) in [5, 5.41) is 18.7. The second-order valence-electron chi connectivity index (χ2n) is 10.1. The lowest BCUT2D eigenvalue weighted by atomic mass is 9.79. The molecule has 1 aliphatic heterocycles. The number of amides is 3. The van der Waals surface area contributed by atoms with Crippen molar-refractivity contribution in [2.45, 2.75) is 77.6 Å². The monoisotopic (exact) mass is 440 g/mol. The number of hydrogen-bond donors (Lipinski definition) is 4. The molecule has 0 aliphatic carbocycles. The SMILES string of the molecule is C=CCC1[C@@H](CO)N(CCNC(=O)OC(C)(C)C)CC1(NC(C)=O)C(=O)NC(C)(C)C. The Balaban J connectivity index is 3.11. The van der Waals surface area contributed by atoms with Crippen molar-refractivity contribution in [3.63, 3.8) is 0 Å². The minimum absolute atomic E-state index is 0.199. The van der Waals surface area contributed by atoms with Gasteiger partial charge in [0.2, 0.25) is 11.8 Å². The average molecular weight is 441 g/mol. The number of aliphatic hydroxyl groups excluding tert-OH is 1. The fourth-order valence-electron chi connectivity index (χ4n) is 3.97. The van der Waals surface area contributed by atoms with Gasteiger partial charge in [-0.25, -0.2) is 4.79 Å². The molecule has 0 aromatic carbocycles. The Labute approximate surface area is 186 Å². The van der Waals surface area contributed by atoms with Crippen LogP contribution in [0.25, 0.3) is 0 Å². The van der Waals surface area contributed by atoms with Crippen molar-refractivity contribution in [1.82, 2.24) is 20.9 Å². The van der Waals surface area contributed by atoms with Gasteiger partial charge in [0.25, 0.3) is 0 Å². The van der Waals surface area contributed by atoms with E-state index in [1.807, 2.05) is 25.7 Å². The van der Waals surface area contributed by atoms with Crippen LogP contribution in [0.1, 0.15) is 54.9 Å². The van der Waals surface area contributed by atoms with E-state index in [2.05, 4.69) is 22.5 Å². The Kier molecular flexibility index (Phi) is 9.07. The molecular weight excluding hydrogens is 400 g/mol. The minimum Gasteiger partial charge on any atom is -0.444 e. The van der Waals surface area contributed by atoms with Crippen molar-refractivity contribution in [3.05, 3.63) is 12.7 Å². The molecule has 1 saturated heterocycles. The van der Waals surface area contributed by atoms with Crippen LogP contribution in [0.15, 0.2) is 12.7 Å². The zero-order chi connectivity index (χ0) is 24.0. The number of likely N-dealkylation sites (tertiary alicyclic amines) is 1. The first-order chi connectivity index (χ1) is 14.1. The number of hydrogen-bond acceptors (Lipinski definition) is 6. The maximum Gasteiger partial charge on any atom is 0.407 e. The van der Waals surface area contributed by atoms with E-state index < -0.39 is 28.8 Å². The molecule has 1 heterocycles. The lowest BCUT2D eigenvalue weighted by molar-refractivity contribution is -0.135. The molecule has 3 atom stereocenters. The number of ether oxygens (including phenoxy) is 1. The Morgan fingerprint density at radius 2 is 1.84 bits per heavy atom. The molecule has 9 heteroatoms. The van der Waals surface area contributed by atoms with E-state index in [9.17, 15) is 19.5 Å². The quantitative estimate of drug-likeness (QED) is 0.421. The van der Waals surface area contributed by atoms with Crippen molar-refractivity contribution in [1.29, 1.82) is 0 Å². The van der Waals surface area contributed by atoms with Gasteiger partial charge < -0.3 is 25.8 Å². The molecular formula is C22H40N4O5. The molecule has 0 saturated carbocycles. The minimum atomic E-state index is -1.23. The van der Waals surface area contributed by atoms with Crippen molar-refractivity contribution < 1.29 is 24.2 Å². The van der Waals surface area contributed by atoms with Gasteiger partial charge in [-0.15, -0.1) is 6.58 Å². The van der Waals surface area contributed by atoms with Gasteiger partial charge in [-0.2, -0.15) is 0 Å². The molecule has 4 N–H and O–H groups in total. The lowest BCUT2D eigenvalue weighted by Gasteiger charge is -2.37. The molecule has 0 aromatic rings. The second-order valence-corrected chi connectivity index (χ2v) is 10.1. The number of alkyl carbamates (subject to hydrolysis) is 1. The molecule has 1 fully saturated rings. The molecule has 31 heavy (non-hydrogen) atoms. The fourth-order valence-corrected chi connectivity index (χ4v) is 3.97. The zero-order valence-electron chi connectivity index (χ0n) is 20.0. The van der Waals surface area contributed by atoms with Gasteiger partial charge in [-0.3, -0.25) is 14.5 Å². The number of aliphatic hydroxyl groups is 1. The van der Waals surface area contributed by atoms with Crippen LogP contribution in [0, 0.1) is 5.92 Å². The molecule has 2 unspecified atom stereocenters. The standard InChI is InChI=1S/C22H40N4O5/c1-9-10-16-17(13-27)26(12-11-23-19(30)31-21(6,7)8)14-22(16,24-15(2)28)18(29)25-20(3,4)5/h9,16-17,27H,1,10-14H2,2-8H3,(H,23,30)(H,24,28)(H,25,29)/t16?,17-,22?/m1/s1. The van der Waals surface area contributed by atoms with Crippen LogP contribution in [0.3, 0.4) is 0 Å². The summed E-state index contributed by atoms with van der Waals surface area (Å²) in [5.41, 5.74) is -2.33. The van der Waals surface area contributed by atoms with Crippen molar-refractivity contribution >= 4 is 17.9 Å². The topological polar surface area (TPSA) is 120 Å². The normalized spacial score (nSPS) is 24.4. The predicted molar refractivity (Wildman–Crippen MR) is 119 cm³/mol. The third-order valence-corrected chi connectivity index (χ3v) is 4.99. The van der Waals surface area contributed by atoms with Crippen LogP contribution in [0.2, 0.25) is 0 Å². The number of carbonyl (C=O) groups excluding carboxylic acids is 3. The van der Waals surface area contributed by atoms with E-state index in [1.165, 1.54) is 6.92 Å². The Morgan fingerprint density at radius 3 is 2.29 bits per heavy atom. The van der Waals surface area contributed by atoms with Gasteiger partial charge in [0.1, 0.15) is 11.1 Å². The number of allylic oxidation sites excluding steroid dienone is 1. The van der Waals surface area contributed by atoms with E-state index >= 15 is 0 Å². The first-order valence-corrected chi connectivity index (χ1v) is 10.7. The summed E-state index contributed by atoms with van der Waals surface area (Å²) in [6.07, 6.45) is 1.59. The van der Waals surface area contributed by atoms with Gasteiger partial charge in [-0.05, 0) is 48.0 Å². The van der Waals surface area contributed by atoms with Crippen LogP contribution >= 0.6 is 0 Å². The van der Waals surface area contributed by atoms with Crippen molar-refractivity contribution in [3.8, 4) is 0 Å². The van der Waals surface area contributed by atoms with Crippen LogP contribution in [0.5, 0.6) is 0 Å². The van der Waals surface area contributed by atoms with E-state index in [0.29, 0.717) is 13.0 Å². The van der Waals surface area contributed by atoms with E-state index in [1.54, 1.807) is 26.8 Å². The summed E-state index contributed by atoms with van der Waals surface area (Å²) in [6.45, 7) is 16.8. The van der Waals surface area contributed by atoms with Crippen LogP contribution in [-0.2, 0) is 14.3 Å². The van der Waals surface area contributed by atoms with Gasteiger partial charge in [0, 0.05) is 44.1 Å². The summed E-state index contributed by atoms with van der Waals surface area (Å²) >= 11 is 0. The Hall–Kier alpha value is -2.13. The molecule has 0 spiro atoms. The Bertz CT molecular complexity index is 668. The zero-order valence-corrected chi connectivity index (χ0v) is 20.0. The number of nitrogens with one attached hydrogen (secondary N) is 3. The number of rotatable bonds is 8. The highest BCUT2D eigenvalue weighted by molar-refractivity contribution is 5.92. The van der Waals surface area contributed by atoms with E-state index in [4.69, 9.17) is 4.74 Å². The fraction of sp³-hybridized carbons (Fsp3) is 0.773. The molecule has 0 aromatic heterocycles. The third kappa shape index (κ3) is 7.81. The highest BCUT2D eigenvalue weighted by Crippen LogP contribution is 2.37. The summed E-state index contributed by atoms with van der Waals surface area (Å²) in [7, 11) is 0. The van der Waals surface area contributed by atoms with Crippen LogP contribution in [0.4, 0.5) is 4.79 Å². The smallest absolute Gasteiger partial charge is 0.407 e. The molecule has 0 bridgehead atoms. The van der Waals surface area contributed by atoms with Crippen LogP contribution < -0.4 is 16.0 Å². The van der Waals surface area contributed by atoms with Gasteiger partial charge in [-0.1, -0.05) is 6.08 Å². The summed E-state index contributed by atoms with van der Waals surface area (Å²) in [6, 6.07) is -0.393. The summed E-state index contributed by atoms with van der Waals surface area (Å²) in [5.74, 6) is -1.02. The number of nitrogens with zero attached hydrogens (tertiary/aromatic N) is 1. The van der Waals surface area contributed by atoms with Crippen LogP contribution in [-0.4, -0.2) is 76.9 Å². The first kappa shape index (κ1) is 26.9. The maximum atomic E-state index is 13.4. The molecule has 178 valence electrons. The summed E-state index contributed by atoms with van der Waals surface area (Å²) < 4.78 is 5.25. The van der Waals surface area contributed by atoms with E-state index in [0.717, 1.165) is 0 Å². The largest absolute Gasteiger partial charge is 0.444 e. The maximum absolute atomic E-state index is 13.4. The second kappa shape index (κ2) is 10.5. The average Bonchev–Trinajstić information content (AvgIpc) is 2.85. The third-order valence-electron chi connectivity index (χ3n) is 4.99. The molecule has 1 rings (SSSR count). The highest BCUT2D eigenvalue weighted by atomic mass is 16.6. The van der Waals surface area contributed by atoms with Gasteiger partial charge in [0.15, 0.2) is 0 Å². The lowest BCUT2D eigenvalue weighted by Crippen LogP contribution is -2.66. The molecule has 9 nitrogen and oxygen atoms in total. The predicted octanol–water partition coefficient (Wildman–Crippen LogP) is 1.17. The molecule has 3 amide bonds. The van der Waals surface area contributed by atoms with E-state index in [-0.39, 0.29) is 37.4 Å². The van der Waals surface area contributed by atoms with Crippen molar-refractivity contribution in [2.24, 2.45) is 5.92 Å². The number of carbonyl (C=O) groups is 3. The molecule has 1 aliphatic rings. The molecule has 0 radical (unpaired) electrons. The van der Waals surface area contributed by atoms with Gasteiger partial charge >= 0.3 is 6.09 Å². The summed E-state index contributed by atoms with van der Waals surface area (Å²) in [4.78, 5) is 39.4. The van der Waals surface area contributed by atoms with Gasteiger partial charge in [0.05, 0.1) is 6.61 Å². The Morgan fingerprint density at radius 1 is 1.23 bits per heavy atom. The first-order valence-electron chi connectivity index (χ1n) is 10.7.